The first kappa shape index (κ1) is 24.0. The van der Waals surface area contributed by atoms with Gasteiger partial charge in [0.05, 0.1) is 41.2 Å². The second kappa shape index (κ2) is 11.2. The highest BCUT2D eigenvalue weighted by molar-refractivity contribution is 14.1. The van der Waals surface area contributed by atoms with E-state index in [-0.39, 0.29) is 17.9 Å². The molecule has 2 aromatic carbocycles. The number of carbonyl (C=O) groups is 2. The van der Waals surface area contributed by atoms with E-state index < -0.39 is 11.8 Å². The van der Waals surface area contributed by atoms with E-state index in [0.29, 0.717) is 30.0 Å². The number of phenols is 1. The summed E-state index contributed by atoms with van der Waals surface area (Å²) in [5, 5.41) is 16.1. The van der Waals surface area contributed by atoms with Crippen LogP contribution < -0.4 is 25.0 Å². The fourth-order valence-corrected chi connectivity index (χ4v) is 4.17. The topological polar surface area (TPSA) is 118 Å². The summed E-state index contributed by atoms with van der Waals surface area (Å²) >= 11 is 4.01. The molecule has 2 rings (SSSR count). The summed E-state index contributed by atoms with van der Waals surface area (Å²) in [4.78, 5) is 24.3. The number of halogens is 2. The quantitative estimate of drug-likeness (QED) is 0.232. The lowest BCUT2D eigenvalue weighted by Crippen LogP contribution is -2.34. The molecule has 0 saturated carbocycles. The van der Waals surface area contributed by atoms with Gasteiger partial charge in [0, 0.05) is 5.56 Å². The van der Waals surface area contributed by atoms with E-state index in [1.165, 1.54) is 39.7 Å². The number of benzene rings is 2. The number of aromatic hydroxyl groups is 1. The predicted molar refractivity (Wildman–Crippen MR) is 128 cm³/mol. The summed E-state index contributed by atoms with van der Waals surface area (Å²) in [7, 11) is 4.35. The number of hydrogen-bond donors (Lipinski definition) is 3. The Balaban J connectivity index is 1.97. The van der Waals surface area contributed by atoms with Crippen molar-refractivity contribution in [2.75, 3.05) is 27.9 Å². The predicted octanol–water partition coefficient (Wildman–Crippen LogP) is 2.51. The van der Waals surface area contributed by atoms with Gasteiger partial charge in [-0.25, -0.2) is 5.43 Å². The van der Waals surface area contributed by atoms with Gasteiger partial charge in [0.25, 0.3) is 11.8 Å². The fourth-order valence-electron chi connectivity index (χ4n) is 2.35. The van der Waals surface area contributed by atoms with Gasteiger partial charge in [-0.15, -0.1) is 0 Å². The van der Waals surface area contributed by atoms with Gasteiger partial charge in [0.15, 0.2) is 11.5 Å². The number of phenolic OH excluding ortho intramolecular Hbond substituents is 1. The molecule has 2 aromatic rings. The Morgan fingerprint density at radius 3 is 2.10 bits per heavy atom. The molecule has 9 nitrogen and oxygen atoms in total. The minimum absolute atomic E-state index is 0.201. The lowest BCUT2D eigenvalue weighted by Gasteiger charge is -2.14. The summed E-state index contributed by atoms with van der Waals surface area (Å²) in [5.74, 6) is 0.226. The average Bonchev–Trinajstić information content (AvgIpc) is 2.74. The van der Waals surface area contributed by atoms with E-state index in [9.17, 15) is 14.7 Å². The van der Waals surface area contributed by atoms with Gasteiger partial charge in [-0.3, -0.25) is 9.59 Å². The summed E-state index contributed by atoms with van der Waals surface area (Å²) in [5.41, 5.74) is 3.29. The van der Waals surface area contributed by atoms with Crippen molar-refractivity contribution in [2.24, 2.45) is 5.10 Å². The Morgan fingerprint density at radius 2 is 1.60 bits per heavy atom. The van der Waals surface area contributed by atoms with E-state index in [2.05, 4.69) is 15.8 Å². The third kappa shape index (κ3) is 6.10. The normalized spacial score (nSPS) is 10.6. The van der Waals surface area contributed by atoms with Crippen LogP contribution in [-0.4, -0.2) is 51.0 Å². The van der Waals surface area contributed by atoms with Gasteiger partial charge in [0.2, 0.25) is 5.75 Å². The van der Waals surface area contributed by atoms with Crippen molar-refractivity contribution in [1.29, 1.82) is 0 Å². The van der Waals surface area contributed by atoms with Crippen molar-refractivity contribution in [3.8, 4) is 23.0 Å². The lowest BCUT2D eigenvalue weighted by molar-refractivity contribution is -0.120. The lowest BCUT2D eigenvalue weighted by atomic mass is 10.1. The minimum Gasteiger partial charge on any atom is -0.506 e. The molecular formula is C19H19I2N3O6. The SMILES string of the molecule is COc1cc(C(=O)NCC(=O)N/N=C/c2cc(I)c(O)c(I)c2)cc(OC)c1OC. The first-order valence-electron chi connectivity index (χ1n) is 8.38. The van der Waals surface area contributed by atoms with Crippen molar-refractivity contribution >= 4 is 63.2 Å². The largest absolute Gasteiger partial charge is 0.506 e. The van der Waals surface area contributed by atoms with Crippen LogP contribution in [0.1, 0.15) is 15.9 Å². The molecule has 0 spiro atoms. The molecule has 0 aliphatic heterocycles. The van der Waals surface area contributed by atoms with Crippen molar-refractivity contribution < 1.29 is 28.9 Å². The number of carbonyl (C=O) groups excluding carboxylic acids is 2. The summed E-state index contributed by atoms with van der Waals surface area (Å²) in [6, 6.07) is 6.42. The zero-order valence-electron chi connectivity index (χ0n) is 16.3. The molecule has 30 heavy (non-hydrogen) atoms. The second-order valence-electron chi connectivity index (χ2n) is 5.72. The number of ether oxygens (including phenoxy) is 3. The molecule has 0 fully saturated rings. The first-order chi connectivity index (χ1) is 14.3. The van der Waals surface area contributed by atoms with E-state index in [4.69, 9.17) is 14.2 Å². The summed E-state index contributed by atoms with van der Waals surface area (Å²) in [6.07, 6.45) is 1.45. The van der Waals surface area contributed by atoms with E-state index in [1.54, 1.807) is 12.1 Å². The molecule has 0 atom stereocenters. The fraction of sp³-hybridized carbons (Fsp3) is 0.211. The molecule has 160 valence electrons. The number of hydrazone groups is 1. The Bertz CT molecular complexity index is 933. The molecule has 0 aliphatic carbocycles. The molecule has 0 bridgehead atoms. The standard InChI is InChI=1S/C19H19I2N3O6/c1-28-14-6-11(7-15(29-2)18(14)30-3)19(27)22-9-16(25)24-23-8-10-4-12(20)17(26)13(21)5-10/h4-8,26H,9H2,1-3H3,(H,22,27)(H,24,25)/b23-8+. The van der Waals surface area contributed by atoms with Gasteiger partial charge < -0.3 is 24.6 Å². The summed E-state index contributed by atoms with van der Waals surface area (Å²) in [6.45, 7) is -0.280. The van der Waals surface area contributed by atoms with Crippen LogP contribution >= 0.6 is 45.2 Å². The van der Waals surface area contributed by atoms with E-state index >= 15 is 0 Å². The number of hydrogen-bond acceptors (Lipinski definition) is 7. The maximum absolute atomic E-state index is 12.4. The van der Waals surface area contributed by atoms with Crippen molar-refractivity contribution in [1.82, 2.24) is 10.7 Å². The van der Waals surface area contributed by atoms with E-state index in [1.807, 2.05) is 45.2 Å². The van der Waals surface area contributed by atoms with Crippen LogP contribution in [0.4, 0.5) is 0 Å². The number of nitrogens with one attached hydrogen (secondary N) is 2. The highest BCUT2D eigenvalue weighted by atomic mass is 127. The average molecular weight is 639 g/mol. The Kier molecular flexibility index (Phi) is 8.95. The number of amides is 2. The molecule has 11 heteroatoms. The minimum atomic E-state index is -0.504. The molecule has 0 aliphatic rings. The smallest absolute Gasteiger partial charge is 0.259 e. The molecular weight excluding hydrogens is 620 g/mol. The third-order valence-corrected chi connectivity index (χ3v) is 5.42. The highest BCUT2D eigenvalue weighted by Crippen LogP contribution is 2.38. The second-order valence-corrected chi connectivity index (χ2v) is 8.05. The zero-order chi connectivity index (χ0) is 22.3. The van der Waals surface area contributed by atoms with Gasteiger partial charge in [-0.05, 0) is 75.0 Å². The monoisotopic (exact) mass is 639 g/mol. The van der Waals surface area contributed by atoms with E-state index in [0.717, 1.165) is 0 Å². The number of rotatable bonds is 8. The molecule has 0 radical (unpaired) electrons. The van der Waals surface area contributed by atoms with Crippen LogP contribution in [0.5, 0.6) is 23.0 Å². The zero-order valence-corrected chi connectivity index (χ0v) is 20.6. The van der Waals surface area contributed by atoms with Crippen molar-refractivity contribution in [2.45, 2.75) is 0 Å². The Morgan fingerprint density at radius 1 is 1.03 bits per heavy atom. The highest BCUT2D eigenvalue weighted by Gasteiger charge is 2.17. The van der Waals surface area contributed by atoms with Gasteiger partial charge in [-0.1, -0.05) is 0 Å². The van der Waals surface area contributed by atoms with Crippen LogP contribution in [0.3, 0.4) is 0 Å². The number of methoxy groups -OCH3 is 3. The molecule has 0 unspecified atom stereocenters. The van der Waals surface area contributed by atoms with Crippen LogP contribution in [0.15, 0.2) is 29.4 Å². The van der Waals surface area contributed by atoms with Crippen LogP contribution in [-0.2, 0) is 4.79 Å². The maximum atomic E-state index is 12.4. The van der Waals surface area contributed by atoms with Crippen LogP contribution in [0.25, 0.3) is 0 Å². The van der Waals surface area contributed by atoms with Crippen molar-refractivity contribution in [3.63, 3.8) is 0 Å². The van der Waals surface area contributed by atoms with Gasteiger partial charge >= 0.3 is 0 Å². The molecule has 3 N–H and O–H groups in total. The van der Waals surface area contributed by atoms with Crippen LogP contribution in [0.2, 0.25) is 0 Å². The molecule has 0 aromatic heterocycles. The van der Waals surface area contributed by atoms with Crippen molar-refractivity contribution in [3.05, 3.63) is 42.5 Å². The first-order valence-corrected chi connectivity index (χ1v) is 10.5. The Hall–Kier alpha value is -2.29. The molecule has 2 amide bonds. The third-order valence-electron chi connectivity index (χ3n) is 3.78. The van der Waals surface area contributed by atoms with Gasteiger partial charge in [-0.2, -0.15) is 5.10 Å². The maximum Gasteiger partial charge on any atom is 0.259 e. The summed E-state index contributed by atoms with van der Waals surface area (Å²) < 4.78 is 17.0. The molecule has 0 saturated heterocycles. The van der Waals surface area contributed by atoms with Crippen LogP contribution in [0, 0.1) is 7.14 Å². The van der Waals surface area contributed by atoms with Gasteiger partial charge in [0.1, 0.15) is 5.75 Å². The Labute approximate surface area is 200 Å². The molecule has 0 heterocycles. The number of nitrogens with zero attached hydrogens (tertiary/aromatic N) is 1.